The van der Waals surface area contributed by atoms with E-state index in [0.717, 1.165) is 11.4 Å². The van der Waals surface area contributed by atoms with E-state index in [1.807, 2.05) is 6.07 Å². The van der Waals surface area contributed by atoms with Crippen LogP contribution in [0.3, 0.4) is 0 Å². The fourth-order valence-electron chi connectivity index (χ4n) is 3.25. The predicted molar refractivity (Wildman–Crippen MR) is 88.7 cm³/mol. The second-order valence-electron chi connectivity index (χ2n) is 6.21. The number of halogens is 1. The van der Waals surface area contributed by atoms with Crippen molar-refractivity contribution in [3.8, 4) is 0 Å². The lowest BCUT2D eigenvalue weighted by Gasteiger charge is -2.31. The minimum atomic E-state index is 0.162. The van der Waals surface area contributed by atoms with Gasteiger partial charge in [0.05, 0.1) is 0 Å². The molecule has 0 spiro atoms. The van der Waals surface area contributed by atoms with E-state index in [9.17, 15) is 0 Å². The molecule has 112 valence electrons. The molecule has 0 amide bonds. The third-order valence-corrected chi connectivity index (χ3v) is 4.57. The first-order valence-electron chi connectivity index (χ1n) is 7.85. The Morgan fingerprint density at radius 1 is 1.25 bits per heavy atom. The molecule has 1 aromatic carbocycles. The van der Waals surface area contributed by atoms with Crippen LogP contribution >= 0.6 is 11.6 Å². The number of anilines is 1. The van der Waals surface area contributed by atoms with Crippen molar-refractivity contribution in [2.45, 2.75) is 64.0 Å². The molecule has 20 heavy (non-hydrogen) atoms. The predicted octanol–water partition coefficient (Wildman–Crippen LogP) is 4.39. The second kappa shape index (κ2) is 7.33. The third kappa shape index (κ3) is 4.13. The Morgan fingerprint density at radius 2 is 1.90 bits per heavy atom. The number of hydrogen-bond donors (Lipinski definition) is 1. The molecule has 3 heteroatoms. The van der Waals surface area contributed by atoms with Crippen molar-refractivity contribution in [1.29, 1.82) is 0 Å². The van der Waals surface area contributed by atoms with Crippen molar-refractivity contribution in [2.75, 3.05) is 11.9 Å². The lowest BCUT2D eigenvalue weighted by atomic mass is 10.0. The van der Waals surface area contributed by atoms with Gasteiger partial charge in [-0.25, -0.2) is 0 Å². The maximum Gasteiger partial charge on any atom is 0.0410 e. The highest BCUT2D eigenvalue weighted by Gasteiger charge is 2.19. The number of hydrogen-bond acceptors (Lipinski definition) is 2. The molecule has 0 aliphatic heterocycles. The van der Waals surface area contributed by atoms with Gasteiger partial charge in [-0.05, 0) is 49.9 Å². The molecule has 1 unspecified atom stereocenters. The van der Waals surface area contributed by atoms with E-state index in [4.69, 9.17) is 17.3 Å². The molecular weight excluding hydrogens is 268 g/mol. The van der Waals surface area contributed by atoms with Crippen molar-refractivity contribution in [1.82, 2.24) is 0 Å². The summed E-state index contributed by atoms with van der Waals surface area (Å²) >= 11 is 6.16. The van der Waals surface area contributed by atoms with Crippen LogP contribution in [-0.2, 0) is 6.42 Å². The van der Waals surface area contributed by atoms with Crippen LogP contribution < -0.4 is 10.6 Å². The Hall–Kier alpha value is -0.730. The van der Waals surface area contributed by atoms with Gasteiger partial charge in [0.15, 0.2) is 0 Å². The first kappa shape index (κ1) is 15.7. The van der Waals surface area contributed by atoms with Crippen molar-refractivity contribution < 1.29 is 0 Å². The molecule has 0 heterocycles. The van der Waals surface area contributed by atoms with E-state index in [0.29, 0.717) is 6.04 Å². The fraction of sp³-hybridized carbons (Fsp3) is 0.647. The van der Waals surface area contributed by atoms with Crippen molar-refractivity contribution >= 4 is 17.3 Å². The Kier molecular flexibility index (Phi) is 5.74. The minimum absolute atomic E-state index is 0.162. The van der Waals surface area contributed by atoms with E-state index in [-0.39, 0.29) is 6.04 Å². The average Bonchev–Trinajstić information content (AvgIpc) is 2.66. The molecular formula is C17H27ClN2. The van der Waals surface area contributed by atoms with Crippen LogP contribution in [0.1, 0.15) is 51.0 Å². The van der Waals surface area contributed by atoms with Gasteiger partial charge in [0.25, 0.3) is 0 Å². The monoisotopic (exact) mass is 294 g/mol. The summed E-state index contributed by atoms with van der Waals surface area (Å²) < 4.78 is 0. The summed E-state index contributed by atoms with van der Waals surface area (Å²) in [5.41, 5.74) is 8.57. The highest BCUT2D eigenvalue weighted by molar-refractivity contribution is 6.30. The molecule has 1 fully saturated rings. The molecule has 1 aromatic rings. The van der Waals surface area contributed by atoms with Gasteiger partial charge in [-0.1, -0.05) is 37.3 Å². The van der Waals surface area contributed by atoms with Gasteiger partial charge in [-0.15, -0.1) is 0 Å². The van der Waals surface area contributed by atoms with Crippen LogP contribution in [0.15, 0.2) is 18.2 Å². The van der Waals surface area contributed by atoms with E-state index in [2.05, 4.69) is 31.0 Å². The van der Waals surface area contributed by atoms with Crippen LogP contribution in [0.2, 0.25) is 5.02 Å². The lowest BCUT2D eigenvalue weighted by molar-refractivity contribution is 0.551. The maximum absolute atomic E-state index is 6.16. The molecule has 0 radical (unpaired) electrons. The Balaban J connectivity index is 2.20. The highest BCUT2D eigenvalue weighted by Crippen LogP contribution is 2.30. The van der Waals surface area contributed by atoms with E-state index in [1.54, 1.807) is 0 Å². The molecule has 0 aromatic heterocycles. The standard InChI is InChI=1S/C17H27ClN2/c1-13(19)11-14-12-15(18)9-10-17(14)20(2)16-7-5-3-4-6-8-16/h9-10,12-13,16H,3-8,11,19H2,1-2H3. The summed E-state index contributed by atoms with van der Waals surface area (Å²) in [6, 6.07) is 7.05. The molecule has 1 aliphatic carbocycles. The van der Waals surface area contributed by atoms with Crippen LogP contribution in [0, 0.1) is 0 Å². The summed E-state index contributed by atoms with van der Waals surface area (Å²) in [7, 11) is 2.23. The molecule has 1 saturated carbocycles. The highest BCUT2D eigenvalue weighted by atomic mass is 35.5. The van der Waals surface area contributed by atoms with Gasteiger partial charge in [0.1, 0.15) is 0 Å². The van der Waals surface area contributed by atoms with Crippen molar-refractivity contribution in [3.63, 3.8) is 0 Å². The molecule has 2 nitrogen and oxygen atoms in total. The topological polar surface area (TPSA) is 29.3 Å². The Morgan fingerprint density at radius 3 is 2.50 bits per heavy atom. The summed E-state index contributed by atoms with van der Waals surface area (Å²) in [6.45, 7) is 2.05. The average molecular weight is 295 g/mol. The summed E-state index contributed by atoms with van der Waals surface area (Å²) in [6.07, 6.45) is 8.96. The van der Waals surface area contributed by atoms with Gasteiger partial charge in [-0.2, -0.15) is 0 Å². The summed E-state index contributed by atoms with van der Waals surface area (Å²) in [5, 5.41) is 0.804. The first-order chi connectivity index (χ1) is 9.58. The molecule has 1 atom stereocenters. The first-order valence-corrected chi connectivity index (χ1v) is 8.22. The third-order valence-electron chi connectivity index (χ3n) is 4.34. The van der Waals surface area contributed by atoms with Gasteiger partial charge < -0.3 is 10.6 Å². The zero-order chi connectivity index (χ0) is 14.5. The van der Waals surface area contributed by atoms with Gasteiger partial charge in [0, 0.05) is 29.8 Å². The zero-order valence-corrected chi connectivity index (χ0v) is 13.5. The largest absolute Gasteiger partial charge is 0.371 e. The van der Waals surface area contributed by atoms with E-state index in [1.165, 1.54) is 49.8 Å². The number of rotatable bonds is 4. The zero-order valence-electron chi connectivity index (χ0n) is 12.7. The van der Waals surface area contributed by atoms with E-state index >= 15 is 0 Å². The number of nitrogens with zero attached hydrogens (tertiary/aromatic N) is 1. The summed E-state index contributed by atoms with van der Waals surface area (Å²) in [4.78, 5) is 2.46. The molecule has 0 bridgehead atoms. The van der Waals surface area contributed by atoms with Gasteiger partial charge >= 0.3 is 0 Å². The van der Waals surface area contributed by atoms with Crippen LogP contribution in [0.4, 0.5) is 5.69 Å². The Bertz CT molecular complexity index is 423. The molecule has 2 N–H and O–H groups in total. The second-order valence-corrected chi connectivity index (χ2v) is 6.65. The maximum atomic E-state index is 6.16. The quantitative estimate of drug-likeness (QED) is 0.835. The SMILES string of the molecule is CC(N)Cc1cc(Cl)ccc1N(C)C1CCCCCC1. The van der Waals surface area contributed by atoms with Crippen LogP contribution in [0.5, 0.6) is 0 Å². The van der Waals surface area contributed by atoms with Gasteiger partial charge in [0.2, 0.25) is 0 Å². The smallest absolute Gasteiger partial charge is 0.0410 e. The normalized spacial score (nSPS) is 18.6. The Labute approximate surface area is 128 Å². The molecule has 1 aliphatic rings. The van der Waals surface area contributed by atoms with Crippen molar-refractivity contribution in [2.24, 2.45) is 5.73 Å². The number of nitrogens with two attached hydrogens (primary N) is 1. The van der Waals surface area contributed by atoms with Crippen LogP contribution in [0.25, 0.3) is 0 Å². The molecule has 2 rings (SSSR count). The number of benzene rings is 1. The fourth-order valence-corrected chi connectivity index (χ4v) is 3.45. The lowest BCUT2D eigenvalue weighted by Crippen LogP contribution is -2.32. The minimum Gasteiger partial charge on any atom is -0.371 e. The van der Waals surface area contributed by atoms with Crippen molar-refractivity contribution in [3.05, 3.63) is 28.8 Å². The van der Waals surface area contributed by atoms with Crippen LogP contribution in [-0.4, -0.2) is 19.1 Å². The van der Waals surface area contributed by atoms with E-state index < -0.39 is 0 Å². The van der Waals surface area contributed by atoms with Gasteiger partial charge in [-0.3, -0.25) is 0 Å². The summed E-state index contributed by atoms with van der Waals surface area (Å²) in [5.74, 6) is 0. The molecule has 0 saturated heterocycles.